The van der Waals surface area contributed by atoms with Crippen LogP contribution in [0.3, 0.4) is 0 Å². The molecule has 1 aliphatic carbocycles. The van der Waals surface area contributed by atoms with Crippen molar-refractivity contribution in [3.63, 3.8) is 0 Å². The van der Waals surface area contributed by atoms with Gasteiger partial charge in [0.15, 0.2) is 0 Å². The van der Waals surface area contributed by atoms with Crippen LogP contribution < -0.4 is 4.90 Å². The summed E-state index contributed by atoms with van der Waals surface area (Å²) in [6.45, 7) is 4.39. The number of ether oxygens (including phenoxy) is 1. The minimum Gasteiger partial charge on any atom is -0.370 e. The Kier molecular flexibility index (Phi) is 3.95. The average molecular weight is 330 g/mol. The van der Waals surface area contributed by atoms with Gasteiger partial charge in [-0.05, 0) is 37.5 Å². The summed E-state index contributed by atoms with van der Waals surface area (Å²) in [5.74, 6) is 2.60. The minimum atomic E-state index is 0.0297. The summed E-state index contributed by atoms with van der Waals surface area (Å²) >= 11 is 6.11. The Morgan fingerprint density at radius 3 is 2.87 bits per heavy atom. The monoisotopic (exact) mass is 329 g/mol. The summed E-state index contributed by atoms with van der Waals surface area (Å²) in [7, 11) is 0. The van der Waals surface area contributed by atoms with Crippen LogP contribution in [0, 0.1) is 6.92 Å². The highest BCUT2D eigenvalue weighted by molar-refractivity contribution is 6.30. The van der Waals surface area contributed by atoms with E-state index in [1.165, 1.54) is 12.8 Å². The van der Waals surface area contributed by atoms with Gasteiger partial charge < -0.3 is 9.64 Å². The molecule has 1 aromatic carbocycles. The lowest BCUT2D eigenvalue weighted by atomic mass is 10.1. The molecule has 2 heterocycles. The van der Waals surface area contributed by atoms with Crippen molar-refractivity contribution < 1.29 is 4.74 Å². The molecule has 0 bridgehead atoms. The van der Waals surface area contributed by atoms with E-state index >= 15 is 0 Å². The lowest BCUT2D eigenvalue weighted by Crippen LogP contribution is -2.39. The van der Waals surface area contributed by atoms with Crippen molar-refractivity contribution in [3.8, 4) is 0 Å². The van der Waals surface area contributed by atoms with Gasteiger partial charge >= 0.3 is 0 Å². The molecular formula is C18H20ClN3O. The van der Waals surface area contributed by atoms with Gasteiger partial charge in [0, 0.05) is 35.8 Å². The molecule has 2 aromatic rings. The van der Waals surface area contributed by atoms with E-state index in [9.17, 15) is 0 Å². The maximum atomic E-state index is 6.11. The van der Waals surface area contributed by atoms with Crippen LogP contribution in [0.1, 0.15) is 41.9 Å². The van der Waals surface area contributed by atoms with Crippen LogP contribution in [0.4, 0.5) is 5.82 Å². The molecule has 1 atom stereocenters. The minimum absolute atomic E-state index is 0.0297. The summed E-state index contributed by atoms with van der Waals surface area (Å²) in [6.07, 6.45) is 2.47. The molecule has 5 heteroatoms. The van der Waals surface area contributed by atoms with Crippen LogP contribution in [0.15, 0.2) is 30.3 Å². The molecule has 4 rings (SSSR count). The fourth-order valence-electron chi connectivity index (χ4n) is 3.03. The van der Waals surface area contributed by atoms with Gasteiger partial charge in [-0.1, -0.05) is 23.7 Å². The van der Waals surface area contributed by atoms with E-state index in [2.05, 4.69) is 22.0 Å². The fraction of sp³-hybridized carbons (Fsp3) is 0.444. The topological polar surface area (TPSA) is 38.2 Å². The molecule has 0 unspecified atom stereocenters. The second-order valence-corrected chi connectivity index (χ2v) is 6.80. The molecule has 4 nitrogen and oxygen atoms in total. The van der Waals surface area contributed by atoms with Crippen LogP contribution in [-0.2, 0) is 4.74 Å². The third-order valence-corrected chi connectivity index (χ3v) is 4.65. The number of aromatic nitrogens is 2. The second kappa shape index (κ2) is 6.10. The zero-order chi connectivity index (χ0) is 15.8. The summed E-state index contributed by atoms with van der Waals surface area (Å²) in [5, 5.41) is 0.747. The number of aryl methyl sites for hydroxylation is 1. The van der Waals surface area contributed by atoms with E-state index in [1.54, 1.807) is 0 Å². The van der Waals surface area contributed by atoms with Gasteiger partial charge in [-0.15, -0.1) is 0 Å². The van der Waals surface area contributed by atoms with E-state index in [1.807, 2.05) is 25.1 Å². The number of anilines is 1. The maximum Gasteiger partial charge on any atom is 0.134 e. The van der Waals surface area contributed by atoms with Crippen molar-refractivity contribution in [2.24, 2.45) is 0 Å². The molecule has 0 N–H and O–H groups in total. The van der Waals surface area contributed by atoms with Crippen molar-refractivity contribution in [1.82, 2.24) is 9.97 Å². The Morgan fingerprint density at radius 1 is 1.22 bits per heavy atom. The van der Waals surface area contributed by atoms with Gasteiger partial charge in [-0.3, -0.25) is 0 Å². The number of rotatable bonds is 3. The summed E-state index contributed by atoms with van der Waals surface area (Å²) in [6, 6.07) is 9.99. The van der Waals surface area contributed by atoms with Crippen LogP contribution in [-0.4, -0.2) is 29.7 Å². The first kappa shape index (κ1) is 14.9. The molecular weight excluding hydrogens is 310 g/mol. The normalized spacial score (nSPS) is 21.5. The number of halogens is 1. The summed E-state index contributed by atoms with van der Waals surface area (Å²) in [5.41, 5.74) is 2.16. The molecule has 0 spiro atoms. The Bertz CT molecular complexity index is 717. The Labute approximate surface area is 141 Å². The average Bonchev–Trinajstić information content (AvgIpc) is 3.39. The van der Waals surface area contributed by atoms with Gasteiger partial charge in [0.1, 0.15) is 17.7 Å². The zero-order valence-electron chi connectivity index (χ0n) is 13.2. The standard InChI is InChI=1S/C18H20ClN3O/c1-12-9-17(21-18(20-12)13-5-6-13)22-7-8-23-16(11-22)14-3-2-4-15(19)10-14/h2-4,9-10,13,16H,5-8,11H2,1H3/t16-/m1/s1. The van der Waals surface area contributed by atoms with E-state index in [4.69, 9.17) is 21.3 Å². The van der Waals surface area contributed by atoms with Crippen molar-refractivity contribution in [2.75, 3.05) is 24.6 Å². The number of hydrogen-bond donors (Lipinski definition) is 0. The molecule has 1 saturated carbocycles. The van der Waals surface area contributed by atoms with Crippen molar-refractivity contribution in [1.29, 1.82) is 0 Å². The van der Waals surface area contributed by atoms with E-state index in [0.717, 1.165) is 41.0 Å². The first-order chi connectivity index (χ1) is 11.2. The molecule has 1 aromatic heterocycles. The zero-order valence-corrected chi connectivity index (χ0v) is 14.0. The van der Waals surface area contributed by atoms with Crippen molar-refractivity contribution >= 4 is 17.4 Å². The van der Waals surface area contributed by atoms with Crippen molar-refractivity contribution in [3.05, 3.63) is 52.4 Å². The molecule has 1 saturated heterocycles. The third-order valence-electron chi connectivity index (χ3n) is 4.41. The predicted molar refractivity (Wildman–Crippen MR) is 91.1 cm³/mol. The van der Waals surface area contributed by atoms with E-state index in [0.29, 0.717) is 12.5 Å². The maximum absolute atomic E-state index is 6.11. The second-order valence-electron chi connectivity index (χ2n) is 6.36. The number of benzene rings is 1. The van der Waals surface area contributed by atoms with Crippen molar-refractivity contribution in [2.45, 2.75) is 31.8 Å². The number of hydrogen-bond acceptors (Lipinski definition) is 4. The van der Waals surface area contributed by atoms with E-state index < -0.39 is 0 Å². The van der Waals surface area contributed by atoms with Gasteiger partial charge in [0.05, 0.1) is 6.61 Å². The van der Waals surface area contributed by atoms with Crippen LogP contribution >= 0.6 is 11.6 Å². The van der Waals surface area contributed by atoms with Gasteiger partial charge in [-0.25, -0.2) is 9.97 Å². The number of nitrogens with zero attached hydrogens (tertiary/aromatic N) is 3. The molecule has 1 aliphatic heterocycles. The lowest BCUT2D eigenvalue weighted by Gasteiger charge is -2.34. The smallest absolute Gasteiger partial charge is 0.134 e. The molecule has 0 radical (unpaired) electrons. The van der Waals surface area contributed by atoms with Crippen LogP contribution in [0.25, 0.3) is 0 Å². The predicted octanol–water partition coefficient (Wildman–Crippen LogP) is 3.89. The van der Waals surface area contributed by atoms with Gasteiger partial charge in [0.2, 0.25) is 0 Å². The highest BCUT2D eigenvalue weighted by atomic mass is 35.5. The summed E-state index contributed by atoms with van der Waals surface area (Å²) < 4.78 is 5.95. The highest BCUT2D eigenvalue weighted by Crippen LogP contribution is 2.39. The Hall–Kier alpha value is -1.65. The van der Waals surface area contributed by atoms with Gasteiger partial charge in [0.25, 0.3) is 0 Å². The van der Waals surface area contributed by atoms with Gasteiger partial charge in [-0.2, -0.15) is 0 Å². The third kappa shape index (κ3) is 3.33. The van der Waals surface area contributed by atoms with E-state index in [-0.39, 0.29) is 6.10 Å². The van der Waals surface area contributed by atoms with Crippen LogP contribution in [0.2, 0.25) is 5.02 Å². The largest absolute Gasteiger partial charge is 0.370 e. The molecule has 2 fully saturated rings. The fourth-order valence-corrected chi connectivity index (χ4v) is 3.23. The quantitative estimate of drug-likeness (QED) is 0.856. The number of morpholine rings is 1. The Balaban J connectivity index is 1.57. The lowest BCUT2D eigenvalue weighted by molar-refractivity contribution is 0.0395. The molecule has 120 valence electrons. The molecule has 23 heavy (non-hydrogen) atoms. The first-order valence-electron chi connectivity index (χ1n) is 8.16. The Morgan fingerprint density at radius 2 is 2.09 bits per heavy atom. The SMILES string of the molecule is Cc1cc(N2CCO[C@@H](c3cccc(Cl)c3)C2)nc(C2CC2)n1. The molecule has 2 aliphatic rings. The molecule has 0 amide bonds. The van der Waals surface area contributed by atoms with Crippen LogP contribution in [0.5, 0.6) is 0 Å². The summed E-state index contributed by atoms with van der Waals surface area (Å²) in [4.78, 5) is 11.7. The highest BCUT2D eigenvalue weighted by Gasteiger charge is 2.29. The first-order valence-corrected chi connectivity index (χ1v) is 8.54.